The van der Waals surface area contributed by atoms with Crippen molar-refractivity contribution >= 4 is 50.7 Å². The number of amides is 2. The Labute approximate surface area is 258 Å². The molecule has 0 bridgehead atoms. The van der Waals surface area contributed by atoms with Crippen LogP contribution in [-0.2, 0) is 26.2 Å². The van der Waals surface area contributed by atoms with E-state index in [0.717, 1.165) is 9.87 Å². The normalized spacial score (nSPS) is 12.0. The molecular formula is C31H37Cl2N3O5S. The zero-order valence-corrected chi connectivity index (χ0v) is 26.6. The number of aryl methyl sites for hydroxylation is 1. The summed E-state index contributed by atoms with van der Waals surface area (Å²) in [6.07, 6.45) is 1.01. The van der Waals surface area contributed by atoms with Crippen LogP contribution in [0, 0.1) is 6.92 Å². The Balaban J connectivity index is 2.07. The second kappa shape index (κ2) is 15.3. The van der Waals surface area contributed by atoms with Crippen LogP contribution in [-0.4, -0.2) is 50.9 Å². The summed E-state index contributed by atoms with van der Waals surface area (Å²) in [6.45, 7) is 7.67. The molecule has 0 heterocycles. The summed E-state index contributed by atoms with van der Waals surface area (Å²) < 4.78 is 34.6. The molecule has 1 atom stereocenters. The van der Waals surface area contributed by atoms with Crippen molar-refractivity contribution in [2.24, 2.45) is 0 Å². The summed E-state index contributed by atoms with van der Waals surface area (Å²) in [5, 5.41) is 3.52. The van der Waals surface area contributed by atoms with Gasteiger partial charge in [-0.3, -0.25) is 13.9 Å². The molecule has 0 spiro atoms. The van der Waals surface area contributed by atoms with Gasteiger partial charge >= 0.3 is 0 Å². The van der Waals surface area contributed by atoms with Crippen molar-refractivity contribution in [3.63, 3.8) is 0 Å². The highest BCUT2D eigenvalue weighted by molar-refractivity contribution is 7.92. The number of anilines is 1. The zero-order chi connectivity index (χ0) is 30.9. The molecule has 0 aliphatic carbocycles. The Hall–Kier alpha value is -3.27. The zero-order valence-electron chi connectivity index (χ0n) is 24.3. The first kappa shape index (κ1) is 33.2. The maximum absolute atomic E-state index is 14.2. The lowest BCUT2D eigenvalue weighted by Crippen LogP contribution is -2.52. The molecule has 0 aliphatic rings. The Morgan fingerprint density at radius 2 is 1.55 bits per heavy atom. The molecule has 2 amide bonds. The first-order valence-corrected chi connectivity index (χ1v) is 16.0. The van der Waals surface area contributed by atoms with Crippen LogP contribution in [0.25, 0.3) is 0 Å². The maximum Gasteiger partial charge on any atom is 0.264 e. The second-order valence-corrected chi connectivity index (χ2v) is 12.4. The third-order valence-electron chi connectivity index (χ3n) is 6.65. The quantitative estimate of drug-likeness (QED) is 0.227. The molecule has 11 heteroatoms. The molecule has 3 aromatic rings. The lowest BCUT2D eigenvalue weighted by atomic mass is 10.1. The third kappa shape index (κ3) is 8.18. The lowest BCUT2D eigenvalue weighted by molar-refractivity contribution is -0.140. The van der Waals surface area contributed by atoms with Crippen molar-refractivity contribution in [2.75, 3.05) is 24.0 Å². The van der Waals surface area contributed by atoms with E-state index in [1.807, 2.05) is 20.8 Å². The van der Waals surface area contributed by atoms with Gasteiger partial charge in [-0.1, -0.05) is 60.8 Å². The number of benzene rings is 3. The van der Waals surface area contributed by atoms with Crippen LogP contribution >= 0.6 is 23.2 Å². The fourth-order valence-corrected chi connectivity index (χ4v) is 6.31. The number of sulfonamides is 1. The van der Waals surface area contributed by atoms with Gasteiger partial charge in [0, 0.05) is 28.7 Å². The number of carbonyl (C=O) groups excluding carboxylic acids is 2. The number of halogens is 2. The van der Waals surface area contributed by atoms with E-state index in [9.17, 15) is 18.0 Å². The first-order valence-electron chi connectivity index (χ1n) is 13.9. The van der Waals surface area contributed by atoms with Crippen LogP contribution in [0.4, 0.5) is 5.69 Å². The van der Waals surface area contributed by atoms with Crippen LogP contribution in [0.5, 0.6) is 5.75 Å². The van der Waals surface area contributed by atoms with Gasteiger partial charge in [-0.15, -0.1) is 0 Å². The van der Waals surface area contributed by atoms with Crippen molar-refractivity contribution in [1.82, 2.24) is 10.2 Å². The van der Waals surface area contributed by atoms with Gasteiger partial charge in [0.15, 0.2) is 0 Å². The smallest absolute Gasteiger partial charge is 0.264 e. The molecule has 1 N–H and O–H groups in total. The number of nitrogens with one attached hydrogen (secondary N) is 1. The fourth-order valence-electron chi connectivity index (χ4n) is 4.38. The summed E-state index contributed by atoms with van der Waals surface area (Å²) in [4.78, 5) is 28.7. The lowest BCUT2D eigenvalue weighted by Gasteiger charge is -2.33. The van der Waals surface area contributed by atoms with E-state index in [4.69, 9.17) is 27.9 Å². The van der Waals surface area contributed by atoms with Gasteiger partial charge in [0.2, 0.25) is 11.8 Å². The maximum atomic E-state index is 14.2. The van der Waals surface area contributed by atoms with E-state index in [1.54, 1.807) is 61.5 Å². The molecule has 8 nitrogen and oxygen atoms in total. The van der Waals surface area contributed by atoms with Gasteiger partial charge in [-0.25, -0.2) is 8.42 Å². The molecule has 226 valence electrons. The Morgan fingerprint density at radius 1 is 0.929 bits per heavy atom. The standard InChI is InChI=1S/C31H37Cl2N3O5S/c1-5-19-34-31(38)29(6-2)35(20-26-27(32)9-8-10-28(26)33)30(37)21-36(23-13-11-22(4)12-14-23)42(39,40)25-17-15-24(16-18-25)41-7-3/h8-18,29H,5-7,19-21H2,1-4H3,(H,34,38). The first-order chi connectivity index (χ1) is 20.0. The summed E-state index contributed by atoms with van der Waals surface area (Å²) >= 11 is 12.9. The van der Waals surface area contributed by atoms with Gasteiger partial charge in [-0.2, -0.15) is 0 Å². The van der Waals surface area contributed by atoms with Crippen LogP contribution in [0.15, 0.2) is 71.6 Å². The van der Waals surface area contributed by atoms with Gasteiger partial charge in [0.25, 0.3) is 10.0 Å². The molecule has 3 aromatic carbocycles. The van der Waals surface area contributed by atoms with Gasteiger partial charge < -0.3 is 15.0 Å². The van der Waals surface area contributed by atoms with Gasteiger partial charge in [0.1, 0.15) is 18.3 Å². The molecule has 0 fully saturated rings. The summed E-state index contributed by atoms with van der Waals surface area (Å²) in [6, 6.07) is 17.0. The van der Waals surface area contributed by atoms with Crippen molar-refractivity contribution in [3.8, 4) is 5.75 Å². The van der Waals surface area contributed by atoms with E-state index in [1.165, 1.54) is 17.0 Å². The molecule has 0 aliphatic heterocycles. The Morgan fingerprint density at radius 3 is 2.10 bits per heavy atom. The summed E-state index contributed by atoms with van der Waals surface area (Å²) in [5.74, 6) is -0.396. The minimum absolute atomic E-state index is 0.00671. The van der Waals surface area contributed by atoms with Gasteiger partial charge in [0.05, 0.1) is 17.2 Å². The molecule has 1 unspecified atom stereocenters. The topological polar surface area (TPSA) is 96.0 Å². The molecule has 3 rings (SSSR count). The predicted octanol–water partition coefficient (Wildman–Crippen LogP) is 6.23. The van der Waals surface area contributed by atoms with Crippen LogP contribution < -0.4 is 14.4 Å². The molecule has 0 aromatic heterocycles. The highest BCUT2D eigenvalue weighted by atomic mass is 35.5. The summed E-state index contributed by atoms with van der Waals surface area (Å²) in [7, 11) is -4.21. The number of carbonyl (C=O) groups is 2. The van der Waals surface area contributed by atoms with Crippen molar-refractivity contribution in [1.29, 1.82) is 0 Å². The van der Waals surface area contributed by atoms with Crippen molar-refractivity contribution < 1.29 is 22.7 Å². The fraction of sp³-hybridized carbons (Fsp3) is 0.355. The van der Waals surface area contributed by atoms with E-state index >= 15 is 0 Å². The number of ether oxygens (including phenoxy) is 1. The second-order valence-electron chi connectivity index (χ2n) is 9.69. The monoisotopic (exact) mass is 633 g/mol. The summed E-state index contributed by atoms with van der Waals surface area (Å²) in [5.41, 5.74) is 1.70. The largest absolute Gasteiger partial charge is 0.494 e. The van der Waals surface area contributed by atoms with Crippen molar-refractivity contribution in [3.05, 3.63) is 87.9 Å². The molecule has 0 radical (unpaired) electrons. The molecule has 0 saturated carbocycles. The van der Waals surface area contributed by atoms with E-state index in [-0.39, 0.29) is 17.3 Å². The molecule has 0 saturated heterocycles. The van der Waals surface area contributed by atoms with E-state index < -0.39 is 28.5 Å². The molecular weight excluding hydrogens is 597 g/mol. The number of hydrogen-bond acceptors (Lipinski definition) is 5. The molecule has 42 heavy (non-hydrogen) atoms. The minimum atomic E-state index is -4.21. The van der Waals surface area contributed by atoms with Crippen LogP contribution in [0.2, 0.25) is 10.0 Å². The predicted molar refractivity (Wildman–Crippen MR) is 168 cm³/mol. The number of rotatable bonds is 14. The van der Waals surface area contributed by atoms with Crippen molar-refractivity contribution in [2.45, 2.75) is 58.0 Å². The van der Waals surface area contributed by atoms with Crippen LogP contribution in [0.3, 0.4) is 0 Å². The number of hydrogen-bond donors (Lipinski definition) is 1. The average molecular weight is 635 g/mol. The highest BCUT2D eigenvalue weighted by Crippen LogP contribution is 2.29. The van der Waals surface area contributed by atoms with Gasteiger partial charge in [-0.05, 0) is 75.2 Å². The average Bonchev–Trinajstić information content (AvgIpc) is 2.97. The SMILES string of the molecule is CCCNC(=O)C(CC)N(Cc1c(Cl)cccc1Cl)C(=O)CN(c1ccc(C)cc1)S(=O)(=O)c1ccc(OCC)cc1. The minimum Gasteiger partial charge on any atom is -0.494 e. The Kier molecular flexibility index (Phi) is 12.1. The Bertz CT molecular complexity index is 1440. The number of nitrogens with zero attached hydrogens (tertiary/aromatic N) is 2. The van der Waals surface area contributed by atoms with Crippen LogP contribution in [0.1, 0.15) is 44.7 Å². The van der Waals surface area contributed by atoms with E-state index in [0.29, 0.717) is 53.0 Å². The highest BCUT2D eigenvalue weighted by Gasteiger charge is 2.34. The van der Waals surface area contributed by atoms with E-state index in [2.05, 4.69) is 5.32 Å². The third-order valence-corrected chi connectivity index (χ3v) is 9.15.